The lowest BCUT2D eigenvalue weighted by molar-refractivity contribution is -0.172. The Hall–Kier alpha value is -2.72. The standard InChI is InChI=1S/C31H33O3S/c1-21-14-26(33-20-30(32)34-31-24-16-22-15-23(18-24)19-25(31)17-22)12-13-29(21)35(27-8-4-2-5-9-27)28-10-6-3-7-11-28/h2-14,22-25,31H,15-20H2,1H3/q+1. The zero-order chi connectivity index (χ0) is 23.8. The molecule has 0 N–H and O–H groups in total. The lowest BCUT2D eigenvalue weighted by Crippen LogP contribution is -2.50. The van der Waals surface area contributed by atoms with Crippen molar-refractivity contribution in [3.63, 3.8) is 0 Å². The summed E-state index contributed by atoms with van der Waals surface area (Å²) in [7, 11) is -0.202. The van der Waals surface area contributed by atoms with Gasteiger partial charge in [0.1, 0.15) is 11.9 Å². The van der Waals surface area contributed by atoms with E-state index in [4.69, 9.17) is 9.47 Å². The van der Waals surface area contributed by atoms with Crippen molar-refractivity contribution >= 4 is 16.9 Å². The number of ether oxygens (including phenoxy) is 2. The van der Waals surface area contributed by atoms with E-state index in [2.05, 4.69) is 79.7 Å². The van der Waals surface area contributed by atoms with E-state index >= 15 is 0 Å². The van der Waals surface area contributed by atoms with Crippen molar-refractivity contribution < 1.29 is 14.3 Å². The third-order valence-corrected chi connectivity index (χ3v) is 10.5. The van der Waals surface area contributed by atoms with Crippen molar-refractivity contribution in [2.24, 2.45) is 23.7 Å². The third-order valence-electron chi connectivity index (χ3n) is 8.09. The third kappa shape index (κ3) is 4.73. The first-order valence-electron chi connectivity index (χ1n) is 12.9. The lowest BCUT2D eigenvalue weighted by atomic mass is 9.55. The maximum absolute atomic E-state index is 12.7. The highest BCUT2D eigenvalue weighted by Gasteiger charge is 2.49. The van der Waals surface area contributed by atoms with Gasteiger partial charge in [-0.25, -0.2) is 4.79 Å². The molecule has 3 aromatic carbocycles. The smallest absolute Gasteiger partial charge is 0.344 e. The first-order valence-corrected chi connectivity index (χ1v) is 14.1. The Balaban J connectivity index is 1.14. The normalized spacial score (nSPS) is 26.6. The fourth-order valence-electron chi connectivity index (χ4n) is 6.84. The topological polar surface area (TPSA) is 35.5 Å². The van der Waals surface area contributed by atoms with E-state index in [-0.39, 0.29) is 29.6 Å². The molecule has 0 heterocycles. The SMILES string of the molecule is Cc1cc(OCC(=O)OC2C3CC4CC(C3)CC2C4)ccc1[S+](c1ccccc1)c1ccccc1. The van der Waals surface area contributed by atoms with Crippen molar-refractivity contribution in [2.75, 3.05) is 6.61 Å². The molecule has 0 spiro atoms. The van der Waals surface area contributed by atoms with Gasteiger partial charge in [-0.15, -0.1) is 0 Å². The molecule has 4 aliphatic rings. The Kier molecular flexibility index (Phi) is 6.32. The highest BCUT2D eigenvalue weighted by Crippen LogP contribution is 2.54. The van der Waals surface area contributed by atoms with Crippen LogP contribution in [0.1, 0.15) is 37.7 Å². The van der Waals surface area contributed by atoms with Crippen molar-refractivity contribution in [1.82, 2.24) is 0 Å². The van der Waals surface area contributed by atoms with Crippen LogP contribution in [0.4, 0.5) is 0 Å². The number of hydrogen-bond acceptors (Lipinski definition) is 3. The van der Waals surface area contributed by atoms with Crippen LogP contribution in [-0.4, -0.2) is 18.7 Å². The second-order valence-corrected chi connectivity index (χ2v) is 12.5. The number of hydrogen-bond donors (Lipinski definition) is 0. The van der Waals surface area contributed by atoms with E-state index in [1.165, 1.54) is 46.8 Å². The summed E-state index contributed by atoms with van der Waals surface area (Å²) < 4.78 is 11.9. The van der Waals surface area contributed by atoms with Gasteiger partial charge in [0.2, 0.25) is 0 Å². The Labute approximate surface area is 211 Å². The Morgan fingerprint density at radius 2 is 1.37 bits per heavy atom. The monoisotopic (exact) mass is 485 g/mol. The lowest BCUT2D eigenvalue weighted by Gasteiger charge is -2.53. The summed E-state index contributed by atoms with van der Waals surface area (Å²) in [5.74, 6) is 3.40. The molecule has 7 rings (SSSR count). The molecule has 3 aromatic rings. The minimum Gasteiger partial charge on any atom is -0.482 e. The van der Waals surface area contributed by atoms with Crippen LogP contribution in [-0.2, 0) is 20.4 Å². The zero-order valence-electron chi connectivity index (χ0n) is 20.3. The van der Waals surface area contributed by atoms with Crippen molar-refractivity contribution in [3.05, 3.63) is 84.4 Å². The van der Waals surface area contributed by atoms with E-state index < -0.39 is 0 Å². The van der Waals surface area contributed by atoms with Crippen molar-refractivity contribution in [3.8, 4) is 5.75 Å². The average molecular weight is 486 g/mol. The van der Waals surface area contributed by atoms with Crippen molar-refractivity contribution in [2.45, 2.75) is 59.8 Å². The molecule has 3 nitrogen and oxygen atoms in total. The molecule has 0 atom stereocenters. The molecule has 4 fully saturated rings. The average Bonchev–Trinajstić information content (AvgIpc) is 2.87. The summed E-state index contributed by atoms with van der Waals surface area (Å²) in [6.45, 7) is 2.10. The quantitative estimate of drug-likeness (QED) is 0.272. The summed E-state index contributed by atoms with van der Waals surface area (Å²) in [4.78, 5) is 16.5. The highest BCUT2D eigenvalue weighted by atomic mass is 32.2. The predicted molar refractivity (Wildman–Crippen MR) is 139 cm³/mol. The Morgan fingerprint density at radius 3 is 1.91 bits per heavy atom. The summed E-state index contributed by atoms with van der Waals surface area (Å²) >= 11 is 0. The van der Waals surface area contributed by atoms with E-state index in [9.17, 15) is 4.79 Å². The van der Waals surface area contributed by atoms with E-state index in [1.54, 1.807) is 0 Å². The molecular formula is C31H33O3S+. The van der Waals surface area contributed by atoms with Gasteiger partial charge in [-0.1, -0.05) is 36.4 Å². The zero-order valence-corrected chi connectivity index (χ0v) is 21.1. The highest BCUT2D eigenvalue weighted by molar-refractivity contribution is 7.97. The molecule has 0 radical (unpaired) electrons. The van der Waals surface area contributed by atoms with Gasteiger partial charge in [0, 0.05) is 5.56 Å². The first kappa shape index (κ1) is 22.7. The molecule has 4 bridgehead atoms. The van der Waals surface area contributed by atoms with Gasteiger partial charge in [0.05, 0.1) is 10.9 Å². The second-order valence-electron chi connectivity index (χ2n) is 10.5. The summed E-state index contributed by atoms with van der Waals surface area (Å²) in [5.41, 5.74) is 1.16. The van der Waals surface area contributed by atoms with Crippen LogP contribution < -0.4 is 4.74 Å². The second kappa shape index (κ2) is 9.73. The van der Waals surface area contributed by atoms with E-state index in [0.29, 0.717) is 11.8 Å². The molecular weight excluding hydrogens is 452 g/mol. The van der Waals surface area contributed by atoms with Crippen LogP contribution in [0.2, 0.25) is 0 Å². The van der Waals surface area contributed by atoms with Crippen LogP contribution in [0.25, 0.3) is 0 Å². The molecule has 35 heavy (non-hydrogen) atoms. The van der Waals surface area contributed by atoms with E-state index in [1.807, 2.05) is 6.07 Å². The van der Waals surface area contributed by atoms with Crippen LogP contribution in [0.5, 0.6) is 5.75 Å². The van der Waals surface area contributed by atoms with Gasteiger partial charge in [-0.2, -0.15) is 0 Å². The molecule has 0 aliphatic heterocycles. The van der Waals surface area contributed by atoms with Crippen LogP contribution in [0.15, 0.2) is 93.5 Å². The number of rotatable bonds is 7. The summed E-state index contributed by atoms with van der Waals surface area (Å²) in [6, 6.07) is 27.5. The van der Waals surface area contributed by atoms with Crippen LogP contribution in [0.3, 0.4) is 0 Å². The fraction of sp³-hybridized carbons (Fsp3) is 0.387. The molecule has 4 aliphatic carbocycles. The van der Waals surface area contributed by atoms with Gasteiger partial charge < -0.3 is 9.47 Å². The molecule has 0 amide bonds. The van der Waals surface area contributed by atoms with Gasteiger partial charge >= 0.3 is 5.97 Å². The maximum atomic E-state index is 12.7. The number of carbonyl (C=O) groups is 1. The molecule has 4 saturated carbocycles. The number of benzene rings is 3. The molecule has 0 aromatic heterocycles. The number of carbonyl (C=O) groups excluding carboxylic acids is 1. The van der Waals surface area contributed by atoms with Crippen LogP contribution in [0, 0.1) is 30.6 Å². The predicted octanol–water partition coefficient (Wildman–Crippen LogP) is 6.84. The summed E-state index contributed by atoms with van der Waals surface area (Å²) in [5, 5.41) is 0. The van der Waals surface area contributed by atoms with Crippen molar-refractivity contribution in [1.29, 1.82) is 0 Å². The van der Waals surface area contributed by atoms with Gasteiger partial charge in [0.15, 0.2) is 21.3 Å². The Bertz CT molecular complexity index is 1110. The van der Waals surface area contributed by atoms with Gasteiger partial charge in [-0.3, -0.25) is 0 Å². The van der Waals surface area contributed by atoms with Crippen LogP contribution >= 0.6 is 0 Å². The first-order chi connectivity index (χ1) is 17.1. The number of esters is 1. The molecule has 180 valence electrons. The maximum Gasteiger partial charge on any atom is 0.344 e. The minimum absolute atomic E-state index is 0.0231. The van der Waals surface area contributed by atoms with Gasteiger partial charge in [0.25, 0.3) is 0 Å². The summed E-state index contributed by atoms with van der Waals surface area (Å²) in [6.07, 6.45) is 6.51. The van der Waals surface area contributed by atoms with Gasteiger partial charge in [-0.05, 0) is 105 Å². The minimum atomic E-state index is -0.225. The largest absolute Gasteiger partial charge is 0.482 e. The molecule has 0 saturated heterocycles. The number of aryl methyl sites for hydroxylation is 1. The Morgan fingerprint density at radius 1 is 0.800 bits per heavy atom. The molecule has 4 heteroatoms. The molecule has 0 unspecified atom stereocenters. The van der Waals surface area contributed by atoms with E-state index in [0.717, 1.165) is 23.1 Å². The fourth-order valence-corrected chi connectivity index (χ4v) is 9.06.